The van der Waals surface area contributed by atoms with Gasteiger partial charge in [-0.15, -0.1) is 0 Å². The molecular weight excluding hydrogens is 286 g/mol. The Morgan fingerprint density at radius 3 is 2.70 bits per heavy atom. The fraction of sp³-hybridized carbons (Fsp3) is 0.545. The minimum atomic E-state index is -0.581. The van der Waals surface area contributed by atoms with Crippen molar-refractivity contribution in [2.75, 3.05) is 25.0 Å². The first-order chi connectivity index (χ1) is 9.54. The number of nitrogens with zero attached hydrogens (tertiary/aromatic N) is 4. The van der Waals surface area contributed by atoms with E-state index in [4.69, 9.17) is 11.6 Å². The molecule has 1 aromatic rings. The Hall–Kier alpha value is -1.96. The lowest BCUT2D eigenvalue weighted by atomic mass is 9.96. The average Bonchev–Trinajstić information content (AvgIpc) is 2.46. The van der Waals surface area contributed by atoms with Gasteiger partial charge in [0, 0.05) is 26.1 Å². The first-order valence-corrected chi connectivity index (χ1v) is 6.53. The van der Waals surface area contributed by atoms with Crippen molar-refractivity contribution in [1.29, 1.82) is 0 Å². The Labute approximate surface area is 120 Å². The predicted molar refractivity (Wildman–Crippen MR) is 72.7 cm³/mol. The highest BCUT2D eigenvalue weighted by molar-refractivity contribution is 6.31. The van der Waals surface area contributed by atoms with Gasteiger partial charge in [-0.05, 0) is 12.8 Å². The fourth-order valence-electron chi connectivity index (χ4n) is 2.29. The smallest absolute Gasteiger partial charge is 0.348 e. The van der Waals surface area contributed by atoms with Gasteiger partial charge in [0.25, 0.3) is 0 Å². The first kappa shape index (κ1) is 14.4. The van der Waals surface area contributed by atoms with E-state index in [-0.39, 0.29) is 28.5 Å². The Morgan fingerprint density at radius 2 is 2.15 bits per heavy atom. The van der Waals surface area contributed by atoms with Crippen LogP contribution >= 0.6 is 11.6 Å². The van der Waals surface area contributed by atoms with Gasteiger partial charge >= 0.3 is 5.69 Å². The monoisotopic (exact) mass is 299 g/mol. The van der Waals surface area contributed by atoms with E-state index in [0.717, 1.165) is 0 Å². The van der Waals surface area contributed by atoms with E-state index in [9.17, 15) is 14.9 Å². The number of carbonyl (C=O) groups is 1. The van der Waals surface area contributed by atoms with Crippen molar-refractivity contribution in [3.05, 3.63) is 21.6 Å². The summed E-state index contributed by atoms with van der Waals surface area (Å²) in [6.45, 7) is 1.04. The Kier molecular flexibility index (Phi) is 4.33. The van der Waals surface area contributed by atoms with Crippen molar-refractivity contribution in [2.24, 2.45) is 5.92 Å². The maximum Gasteiger partial charge on any atom is 0.348 e. The van der Waals surface area contributed by atoms with Gasteiger partial charge in [0.05, 0.1) is 4.92 Å². The number of hydrogen-bond acceptors (Lipinski definition) is 6. The van der Waals surface area contributed by atoms with Crippen molar-refractivity contribution in [2.45, 2.75) is 12.8 Å². The molecule has 0 spiro atoms. The van der Waals surface area contributed by atoms with Crippen molar-refractivity contribution < 1.29 is 9.72 Å². The van der Waals surface area contributed by atoms with Crippen molar-refractivity contribution in [3.8, 4) is 0 Å². The SMILES string of the molecule is CNC(=O)C1CCN(c2ncnc(Cl)c2[N+](=O)[O-])CC1. The topological polar surface area (TPSA) is 101 Å². The summed E-state index contributed by atoms with van der Waals surface area (Å²) in [6.07, 6.45) is 2.45. The molecule has 0 aromatic carbocycles. The molecule has 108 valence electrons. The fourth-order valence-corrected chi connectivity index (χ4v) is 2.49. The quantitative estimate of drug-likeness (QED) is 0.507. The van der Waals surface area contributed by atoms with E-state index >= 15 is 0 Å². The Morgan fingerprint density at radius 1 is 1.50 bits per heavy atom. The van der Waals surface area contributed by atoms with Crippen LogP contribution in [0.1, 0.15) is 12.8 Å². The van der Waals surface area contributed by atoms with Crippen LogP contribution in [0.25, 0.3) is 0 Å². The van der Waals surface area contributed by atoms with E-state index in [2.05, 4.69) is 15.3 Å². The molecule has 1 N–H and O–H groups in total. The summed E-state index contributed by atoms with van der Waals surface area (Å²) in [5.74, 6) is 0.151. The van der Waals surface area contributed by atoms with Gasteiger partial charge in [0.1, 0.15) is 6.33 Å². The summed E-state index contributed by atoms with van der Waals surface area (Å²) in [5.41, 5.74) is -0.285. The van der Waals surface area contributed by atoms with E-state index in [1.165, 1.54) is 6.33 Å². The minimum absolute atomic E-state index is 0.000121. The molecule has 0 aliphatic carbocycles. The molecule has 1 aromatic heterocycles. The largest absolute Gasteiger partial charge is 0.359 e. The minimum Gasteiger partial charge on any atom is -0.359 e. The lowest BCUT2D eigenvalue weighted by molar-refractivity contribution is -0.384. The van der Waals surface area contributed by atoms with Gasteiger partial charge < -0.3 is 10.2 Å². The molecule has 0 unspecified atom stereocenters. The molecule has 1 saturated heterocycles. The van der Waals surface area contributed by atoms with Gasteiger partial charge in [-0.3, -0.25) is 14.9 Å². The summed E-state index contributed by atoms with van der Waals surface area (Å²) >= 11 is 5.76. The summed E-state index contributed by atoms with van der Waals surface area (Å²) in [6, 6.07) is 0. The number of nitrogens with one attached hydrogen (secondary N) is 1. The second-order valence-electron chi connectivity index (χ2n) is 4.47. The van der Waals surface area contributed by atoms with Gasteiger partial charge in [-0.25, -0.2) is 9.97 Å². The number of amides is 1. The molecule has 2 rings (SSSR count). The average molecular weight is 300 g/mol. The van der Waals surface area contributed by atoms with Crippen LogP contribution in [0.5, 0.6) is 0 Å². The van der Waals surface area contributed by atoms with Crippen LogP contribution in [0, 0.1) is 16.0 Å². The zero-order chi connectivity index (χ0) is 14.7. The normalized spacial score (nSPS) is 16.0. The first-order valence-electron chi connectivity index (χ1n) is 6.16. The van der Waals surface area contributed by atoms with E-state index in [0.29, 0.717) is 25.9 Å². The third kappa shape index (κ3) is 2.79. The number of anilines is 1. The second kappa shape index (κ2) is 6.00. The highest BCUT2D eigenvalue weighted by atomic mass is 35.5. The second-order valence-corrected chi connectivity index (χ2v) is 4.83. The molecule has 0 atom stereocenters. The van der Waals surface area contributed by atoms with Gasteiger partial charge in [-0.2, -0.15) is 0 Å². The number of piperidine rings is 1. The molecule has 1 amide bonds. The maximum atomic E-state index is 11.6. The highest BCUT2D eigenvalue weighted by Gasteiger charge is 2.30. The Balaban J connectivity index is 2.17. The van der Waals surface area contributed by atoms with Crippen LogP contribution in [-0.4, -0.2) is 40.9 Å². The molecule has 8 nitrogen and oxygen atoms in total. The summed E-state index contributed by atoms with van der Waals surface area (Å²) < 4.78 is 0. The third-order valence-corrected chi connectivity index (χ3v) is 3.63. The van der Waals surface area contributed by atoms with Crippen LogP contribution in [-0.2, 0) is 4.79 Å². The molecule has 20 heavy (non-hydrogen) atoms. The molecule has 0 bridgehead atoms. The van der Waals surface area contributed by atoms with Crippen LogP contribution in [0.4, 0.5) is 11.5 Å². The number of halogens is 1. The summed E-state index contributed by atoms with van der Waals surface area (Å²) in [7, 11) is 1.60. The Bertz CT molecular complexity index is 531. The number of rotatable bonds is 3. The van der Waals surface area contributed by atoms with Crippen LogP contribution in [0.2, 0.25) is 5.15 Å². The van der Waals surface area contributed by atoms with Crippen LogP contribution in [0.15, 0.2) is 6.33 Å². The summed E-state index contributed by atoms with van der Waals surface area (Å²) in [5, 5.41) is 13.5. The van der Waals surface area contributed by atoms with E-state index in [1.54, 1.807) is 11.9 Å². The predicted octanol–water partition coefficient (Wildman–Crippen LogP) is 1.00. The van der Waals surface area contributed by atoms with Crippen molar-refractivity contribution in [1.82, 2.24) is 15.3 Å². The lowest BCUT2D eigenvalue weighted by Crippen LogP contribution is -2.40. The lowest BCUT2D eigenvalue weighted by Gasteiger charge is -2.31. The standard InChI is InChI=1S/C11H14ClN5O3/c1-13-11(18)7-2-4-16(5-3-7)10-8(17(19)20)9(12)14-6-15-10/h6-7H,2-5H2,1H3,(H,13,18). The number of nitro groups is 1. The molecule has 1 aliphatic heterocycles. The third-order valence-electron chi connectivity index (χ3n) is 3.35. The van der Waals surface area contributed by atoms with Gasteiger partial charge in [0.2, 0.25) is 16.9 Å². The summed E-state index contributed by atoms with van der Waals surface area (Å²) in [4.78, 5) is 31.4. The molecule has 9 heteroatoms. The van der Waals surface area contributed by atoms with Crippen molar-refractivity contribution >= 4 is 29.0 Å². The zero-order valence-corrected chi connectivity index (χ0v) is 11.6. The van der Waals surface area contributed by atoms with Crippen LogP contribution < -0.4 is 10.2 Å². The number of carbonyl (C=O) groups excluding carboxylic acids is 1. The van der Waals surface area contributed by atoms with Gasteiger partial charge in [-0.1, -0.05) is 11.6 Å². The maximum absolute atomic E-state index is 11.6. The van der Waals surface area contributed by atoms with E-state index < -0.39 is 4.92 Å². The zero-order valence-electron chi connectivity index (χ0n) is 10.9. The van der Waals surface area contributed by atoms with Gasteiger partial charge in [0.15, 0.2) is 0 Å². The molecule has 1 fully saturated rings. The van der Waals surface area contributed by atoms with E-state index in [1.807, 2.05) is 0 Å². The molecule has 1 aliphatic rings. The molecule has 2 heterocycles. The number of aromatic nitrogens is 2. The molecular formula is C11H14ClN5O3. The van der Waals surface area contributed by atoms with Crippen LogP contribution in [0.3, 0.4) is 0 Å². The highest BCUT2D eigenvalue weighted by Crippen LogP contribution is 2.33. The molecule has 0 radical (unpaired) electrons. The molecule has 0 saturated carbocycles. The number of hydrogen-bond donors (Lipinski definition) is 1. The van der Waals surface area contributed by atoms with Crippen molar-refractivity contribution in [3.63, 3.8) is 0 Å².